The zero-order valence-electron chi connectivity index (χ0n) is 6.26. The van der Waals surface area contributed by atoms with E-state index in [9.17, 15) is 0 Å². The summed E-state index contributed by atoms with van der Waals surface area (Å²) in [7, 11) is 0. The Bertz CT molecular complexity index is 54.9. The molecule has 0 aliphatic heterocycles. The largest absolute Gasteiger partial charge is 0.165 e. The van der Waals surface area contributed by atoms with Gasteiger partial charge in [0, 0.05) is 4.58 Å². The Morgan fingerprint density at radius 2 is 2.11 bits per heavy atom. The molecule has 0 aliphatic carbocycles. The van der Waals surface area contributed by atoms with Gasteiger partial charge in [-0.25, -0.2) is 0 Å². The second-order valence-electron chi connectivity index (χ2n) is 2.19. The molecule has 0 saturated heterocycles. The van der Waals surface area contributed by atoms with E-state index >= 15 is 0 Å². The summed E-state index contributed by atoms with van der Waals surface area (Å²) in [5, 5.41) is 0. The molecule has 0 nitrogen and oxygen atoms in total. The lowest BCUT2D eigenvalue weighted by molar-refractivity contribution is 0.698. The Hall–Kier alpha value is 0.700. The Morgan fingerprint density at radius 3 is 2.56 bits per heavy atom. The molecule has 1 atom stereocenters. The van der Waals surface area contributed by atoms with E-state index in [4.69, 9.17) is 0 Å². The number of hydrogen-bond donors (Lipinski definition) is 1. The quantitative estimate of drug-likeness (QED) is 0.370. The van der Waals surface area contributed by atoms with Crippen molar-refractivity contribution < 1.29 is 0 Å². The van der Waals surface area contributed by atoms with Gasteiger partial charge in [0.15, 0.2) is 0 Å². The molecule has 56 valence electrons. The van der Waals surface area contributed by atoms with Gasteiger partial charge >= 0.3 is 0 Å². The van der Waals surface area contributed by atoms with E-state index in [2.05, 4.69) is 25.8 Å². The zero-order chi connectivity index (χ0) is 7.11. The monoisotopic (exact) mass is 164 g/mol. The van der Waals surface area contributed by atoms with Crippen molar-refractivity contribution >= 4 is 24.4 Å². The molecule has 9 heavy (non-hydrogen) atoms. The van der Waals surface area contributed by atoms with Crippen LogP contribution in [-0.4, -0.2) is 10.8 Å². The molecule has 0 aliphatic rings. The second-order valence-corrected chi connectivity index (χ2v) is 4.20. The summed E-state index contributed by atoms with van der Waals surface area (Å²) in [6.45, 7) is 2.23. The third-order valence-corrected chi connectivity index (χ3v) is 3.00. The van der Waals surface area contributed by atoms with Gasteiger partial charge in [-0.2, -0.15) is 24.4 Å². The fourth-order valence-electron chi connectivity index (χ4n) is 0.687. The molecule has 0 radical (unpaired) electrons. The summed E-state index contributed by atoms with van der Waals surface area (Å²) in [4.78, 5) is 0. The van der Waals surface area contributed by atoms with Crippen molar-refractivity contribution in [2.75, 3.05) is 6.26 Å². The van der Waals surface area contributed by atoms with Crippen LogP contribution in [0.15, 0.2) is 0 Å². The molecule has 0 N–H and O–H groups in total. The molecule has 0 aromatic rings. The lowest BCUT2D eigenvalue weighted by Crippen LogP contribution is -1.89. The SMILES string of the molecule is CCCCCC(S)SC. The molecule has 0 bridgehead atoms. The van der Waals surface area contributed by atoms with Crippen molar-refractivity contribution in [3.05, 3.63) is 0 Å². The minimum absolute atomic E-state index is 0.566. The normalized spacial score (nSPS) is 13.7. The highest BCUT2D eigenvalue weighted by molar-refractivity contribution is 8.09. The number of thioether (sulfide) groups is 1. The fourth-order valence-corrected chi connectivity index (χ4v) is 1.27. The Morgan fingerprint density at radius 1 is 1.44 bits per heavy atom. The number of thiol groups is 1. The van der Waals surface area contributed by atoms with E-state index in [1.807, 2.05) is 11.8 Å². The molecule has 0 heterocycles. The summed E-state index contributed by atoms with van der Waals surface area (Å²) < 4.78 is 0.566. The van der Waals surface area contributed by atoms with Gasteiger partial charge in [0.05, 0.1) is 0 Å². The zero-order valence-corrected chi connectivity index (χ0v) is 7.97. The van der Waals surface area contributed by atoms with Gasteiger partial charge in [0.25, 0.3) is 0 Å². The van der Waals surface area contributed by atoms with Crippen LogP contribution in [0.3, 0.4) is 0 Å². The van der Waals surface area contributed by atoms with Crippen LogP contribution >= 0.6 is 24.4 Å². The third kappa shape index (κ3) is 6.59. The number of hydrogen-bond acceptors (Lipinski definition) is 2. The van der Waals surface area contributed by atoms with Crippen LogP contribution < -0.4 is 0 Å². The predicted octanol–water partition coefficient (Wildman–Crippen LogP) is 3.19. The molecular weight excluding hydrogens is 148 g/mol. The van der Waals surface area contributed by atoms with Gasteiger partial charge in [-0.15, -0.1) is 0 Å². The summed E-state index contributed by atoms with van der Waals surface area (Å²) in [5.41, 5.74) is 0. The van der Waals surface area contributed by atoms with E-state index in [1.165, 1.54) is 25.7 Å². The second kappa shape index (κ2) is 6.81. The lowest BCUT2D eigenvalue weighted by Gasteiger charge is -2.04. The highest BCUT2D eigenvalue weighted by Crippen LogP contribution is 2.17. The van der Waals surface area contributed by atoms with Gasteiger partial charge in [-0.05, 0) is 12.7 Å². The summed E-state index contributed by atoms with van der Waals surface area (Å²) in [6, 6.07) is 0. The van der Waals surface area contributed by atoms with E-state index in [0.717, 1.165) is 0 Å². The average Bonchev–Trinajstić information content (AvgIpc) is 1.89. The standard InChI is InChI=1S/C7H16S2/c1-3-4-5-6-7(8)9-2/h7-8H,3-6H2,1-2H3. The van der Waals surface area contributed by atoms with Crippen molar-refractivity contribution in [1.29, 1.82) is 0 Å². The lowest BCUT2D eigenvalue weighted by atomic mass is 10.2. The van der Waals surface area contributed by atoms with Gasteiger partial charge in [-0.1, -0.05) is 26.2 Å². The molecule has 0 aromatic heterocycles. The maximum absolute atomic E-state index is 4.37. The van der Waals surface area contributed by atoms with E-state index in [0.29, 0.717) is 4.58 Å². The topological polar surface area (TPSA) is 0 Å². The highest BCUT2D eigenvalue weighted by Gasteiger charge is 1.97. The first kappa shape index (κ1) is 9.70. The minimum atomic E-state index is 0.566. The minimum Gasteiger partial charge on any atom is -0.165 e. The maximum Gasteiger partial charge on any atom is 0.0469 e. The van der Waals surface area contributed by atoms with E-state index in [-0.39, 0.29) is 0 Å². The molecule has 0 saturated carbocycles. The molecule has 0 amide bonds. The number of unbranched alkanes of at least 4 members (excludes halogenated alkanes) is 2. The van der Waals surface area contributed by atoms with E-state index < -0.39 is 0 Å². The molecule has 0 fully saturated rings. The molecule has 0 rings (SSSR count). The Kier molecular flexibility index (Phi) is 7.34. The fraction of sp³-hybridized carbons (Fsp3) is 1.00. The van der Waals surface area contributed by atoms with Crippen LogP contribution in [0.4, 0.5) is 0 Å². The molecule has 0 spiro atoms. The Balaban J connectivity index is 2.88. The van der Waals surface area contributed by atoms with Crippen LogP contribution in [0.5, 0.6) is 0 Å². The predicted molar refractivity (Wildman–Crippen MR) is 50.4 cm³/mol. The van der Waals surface area contributed by atoms with Crippen molar-refractivity contribution in [2.45, 2.75) is 37.2 Å². The van der Waals surface area contributed by atoms with E-state index in [1.54, 1.807) is 0 Å². The highest BCUT2D eigenvalue weighted by atomic mass is 32.2. The van der Waals surface area contributed by atoms with Crippen molar-refractivity contribution in [2.24, 2.45) is 0 Å². The molecule has 2 heteroatoms. The molecular formula is C7H16S2. The Labute approximate surface area is 68.2 Å². The maximum atomic E-state index is 4.37. The number of rotatable bonds is 5. The first-order valence-electron chi connectivity index (χ1n) is 3.52. The molecule has 0 aromatic carbocycles. The van der Waals surface area contributed by atoms with Crippen molar-refractivity contribution in [3.63, 3.8) is 0 Å². The summed E-state index contributed by atoms with van der Waals surface area (Å²) >= 11 is 6.21. The van der Waals surface area contributed by atoms with Crippen LogP contribution in [0.25, 0.3) is 0 Å². The van der Waals surface area contributed by atoms with Crippen LogP contribution in [0.2, 0.25) is 0 Å². The first-order valence-corrected chi connectivity index (χ1v) is 5.32. The average molecular weight is 164 g/mol. The van der Waals surface area contributed by atoms with Crippen LogP contribution in [0, 0.1) is 0 Å². The summed E-state index contributed by atoms with van der Waals surface area (Å²) in [5.74, 6) is 0. The van der Waals surface area contributed by atoms with Gasteiger partial charge < -0.3 is 0 Å². The van der Waals surface area contributed by atoms with Gasteiger partial charge in [0.2, 0.25) is 0 Å². The van der Waals surface area contributed by atoms with Crippen LogP contribution in [0.1, 0.15) is 32.6 Å². The molecule has 1 unspecified atom stereocenters. The van der Waals surface area contributed by atoms with Gasteiger partial charge in [0.1, 0.15) is 0 Å². The third-order valence-electron chi connectivity index (χ3n) is 1.33. The van der Waals surface area contributed by atoms with Crippen molar-refractivity contribution in [1.82, 2.24) is 0 Å². The summed E-state index contributed by atoms with van der Waals surface area (Å²) in [6.07, 6.45) is 7.39. The van der Waals surface area contributed by atoms with Crippen LogP contribution in [-0.2, 0) is 0 Å². The first-order chi connectivity index (χ1) is 4.31. The van der Waals surface area contributed by atoms with Crippen molar-refractivity contribution in [3.8, 4) is 0 Å². The van der Waals surface area contributed by atoms with Gasteiger partial charge in [-0.3, -0.25) is 0 Å². The smallest absolute Gasteiger partial charge is 0.0469 e.